The van der Waals surface area contributed by atoms with Crippen molar-refractivity contribution < 1.29 is 26.7 Å². The van der Waals surface area contributed by atoms with Crippen LogP contribution in [0.3, 0.4) is 0 Å². The van der Waals surface area contributed by atoms with Crippen molar-refractivity contribution in [3.63, 3.8) is 0 Å². The molecule has 1 heterocycles. The van der Waals surface area contributed by atoms with Crippen LogP contribution in [0.25, 0.3) is 0 Å². The third-order valence-corrected chi connectivity index (χ3v) is 6.68. The molecule has 2 aromatic rings. The minimum Gasteiger partial charge on any atom is -0.497 e. The molecule has 10 heteroatoms. The molecule has 29 heavy (non-hydrogen) atoms. The van der Waals surface area contributed by atoms with Gasteiger partial charge in [0.25, 0.3) is 0 Å². The first-order valence-electron chi connectivity index (χ1n) is 8.89. The van der Waals surface area contributed by atoms with Crippen LogP contribution in [0.4, 0.5) is 19.3 Å². The van der Waals surface area contributed by atoms with Gasteiger partial charge < -0.3 is 15.0 Å². The van der Waals surface area contributed by atoms with Crippen LogP contribution in [-0.2, 0) is 10.0 Å². The minimum absolute atomic E-state index is 0.0834. The number of carbonyl (C=O) groups excluding carboxylic acids is 1. The average molecular weight is 425 g/mol. The summed E-state index contributed by atoms with van der Waals surface area (Å²) in [6, 6.07) is 7.95. The van der Waals surface area contributed by atoms with Crippen LogP contribution in [-0.4, -0.2) is 56.4 Å². The Morgan fingerprint density at radius 2 is 1.93 bits per heavy atom. The molecular formula is C19H21F2N3O4S. The molecule has 1 aliphatic rings. The first-order chi connectivity index (χ1) is 13.7. The first kappa shape index (κ1) is 21.0. The molecule has 2 amide bonds. The summed E-state index contributed by atoms with van der Waals surface area (Å²) in [6.07, 6.45) is 0. The lowest BCUT2D eigenvalue weighted by Gasteiger charge is -2.38. The van der Waals surface area contributed by atoms with Gasteiger partial charge in [-0.25, -0.2) is 22.0 Å². The van der Waals surface area contributed by atoms with Crippen LogP contribution in [0.5, 0.6) is 5.75 Å². The Morgan fingerprint density at radius 3 is 2.59 bits per heavy atom. The smallest absolute Gasteiger partial charge is 0.322 e. The Labute approximate surface area is 167 Å². The maximum atomic E-state index is 13.8. The van der Waals surface area contributed by atoms with Crippen molar-refractivity contribution in [3.8, 4) is 5.75 Å². The fourth-order valence-corrected chi connectivity index (χ4v) is 4.81. The normalized spacial score (nSPS) is 17.8. The summed E-state index contributed by atoms with van der Waals surface area (Å²) in [5.74, 6) is -1.20. The second-order valence-electron chi connectivity index (χ2n) is 6.64. The summed E-state index contributed by atoms with van der Waals surface area (Å²) in [6.45, 7) is 2.02. The predicted molar refractivity (Wildman–Crippen MR) is 103 cm³/mol. The molecule has 0 saturated carbocycles. The number of hydrogen-bond acceptors (Lipinski definition) is 4. The highest BCUT2D eigenvalue weighted by Gasteiger charge is 2.35. The van der Waals surface area contributed by atoms with Crippen LogP contribution in [0.2, 0.25) is 0 Å². The number of nitrogens with zero attached hydrogens (tertiary/aromatic N) is 2. The number of benzene rings is 2. The monoisotopic (exact) mass is 425 g/mol. The van der Waals surface area contributed by atoms with Crippen molar-refractivity contribution in [2.75, 3.05) is 32.1 Å². The zero-order valence-corrected chi connectivity index (χ0v) is 16.7. The van der Waals surface area contributed by atoms with Gasteiger partial charge in [-0.3, -0.25) is 0 Å². The molecule has 0 aromatic heterocycles. The first-order valence-corrected chi connectivity index (χ1v) is 10.3. The largest absolute Gasteiger partial charge is 0.497 e. The molecular weight excluding hydrogens is 404 g/mol. The van der Waals surface area contributed by atoms with Gasteiger partial charge in [-0.2, -0.15) is 4.31 Å². The molecule has 3 rings (SSSR count). The molecule has 1 saturated heterocycles. The molecule has 1 N–H and O–H groups in total. The second kappa shape index (κ2) is 8.34. The lowest BCUT2D eigenvalue weighted by molar-refractivity contribution is 0.157. The van der Waals surface area contributed by atoms with E-state index in [1.807, 2.05) is 0 Å². The van der Waals surface area contributed by atoms with Crippen molar-refractivity contribution in [3.05, 3.63) is 54.1 Å². The van der Waals surface area contributed by atoms with Crippen LogP contribution >= 0.6 is 0 Å². The summed E-state index contributed by atoms with van der Waals surface area (Å²) in [7, 11) is -2.32. The molecule has 1 fully saturated rings. The second-order valence-corrected chi connectivity index (χ2v) is 8.53. The molecule has 0 aliphatic carbocycles. The van der Waals surface area contributed by atoms with E-state index in [2.05, 4.69) is 5.32 Å². The molecule has 7 nitrogen and oxygen atoms in total. The third kappa shape index (κ3) is 4.48. The Balaban J connectivity index is 1.70. The Bertz CT molecular complexity index is 1020. The SMILES string of the molecule is COc1cccc(S(=O)(=O)N2CCN(C(=O)Nc3ccc(F)cc3F)CC2C)c1. The number of hydrogen-bond donors (Lipinski definition) is 1. The van der Waals surface area contributed by atoms with Crippen molar-refractivity contribution >= 4 is 21.7 Å². The van der Waals surface area contributed by atoms with Crippen molar-refractivity contribution in [2.45, 2.75) is 17.9 Å². The fraction of sp³-hybridized carbons (Fsp3) is 0.316. The molecule has 1 aliphatic heterocycles. The number of anilines is 1. The highest BCUT2D eigenvalue weighted by molar-refractivity contribution is 7.89. The van der Waals surface area contributed by atoms with Gasteiger partial charge in [0, 0.05) is 37.8 Å². The number of piperazine rings is 1. The van der Waals surface area contributed by atoms with Gasteiger partial charge in [-0.15, -0.1) is 0 Å². The lowest BCUT2D eigenvalue weighted by Crippen LogP contribution is -2.56. The molecule has 0 spiro atoms. The summed E-state index contributed by atoms with van der Waals surface area (Å²) in [5, 5.41) is 2.39. The molecule has 1 unspecified atom stereocenters. The van der Waals surface area contributed by atoms with Crippen molar-refractivity contribution in [1.29, 1.82) is 0 Å². The number of halogens is 2. The quantitative estimate of drug-likeness (QED) is 0.817. The van der Waals surface area contributed by atoms with Crippen LogP contribution < -0.4 is 10.1 Å². The van der Waals surface area contributed by atoms with E-state index in [4.69, 9.17) is 4.74 Å². The summed E-state index contributed by atoms with van der Waals surface area (Å²) in [5.41, 5.74) is -0.143. The molecule has 156 valence electrons. The Morgan fingerprint density at radius 1 is 1.17 bits per heavy atom. The fourth-order valence-electron chi connectivity index (χ4n) is 3.16. The molecule has 0 radical (unpaired) electrons. The summed E-state index contributed by atoms with van der Waals surface area (Å²) in [4.78, 5) is 13.9. The van der Waals surface area contributed by atoms with Gasteiger partial charge in [0.05, 0.1) is 17.7 Å². The third-order valence-electron chi connectivity index (χ3n) is 4.67. The molecule has 0 bridgehead atoms. The standard InChI is InChI=1S/C19H21F2N3O4S/c1-13-12-23(19(25)22-18-7-6-14(20)10-17(18)21)8-9-24(13)29(26,27)16-5-3-4-15(11-16)28-2/h3-7,10-11,13H,8-9,12H2,1-2H3,(H,22,25). The van der Waals surface area contributed by atoms with E-state index in [1.165, 1.54) is 28.4 Å². The highest BCUT2D eigenvalue weighted by Crippen LogP contribution is 2.25. The van der Waals surface area contributed by atoms with Gasteiger partial charge in [-0.1, -0.05) is 6.07 Å². The topological polar surface area (TPSA) is 79.0 Å². The van der Waals surface area contributed by atoms with E-state index in [1.54, 1.807) is 19.1 Å². The zero-order valence-electron chi connectivity index (χ0n) is 15.9. The summed E-state index contributed by atoms with van der Waals surface area (Å²) < 4.78 is 59.1. The number of sulfonamides is 1. The number of rotatable bonds is 4. The predicted octanol–water partition coefficient (Wildman–Crippen LogP) is 2.90. The number of carbonyl (C=O) groups is 1. The van der Waals surface area contributed by atoms with Crippen LogP contribution in [0.15, 0.2) is 47.4 Å². The number of methoxy groups -OCH3 is 1. The Kier molecular flexibility index (Phi) is 6.04. The van der Waals surface area contributed by atoms with Gasteiger partial charge >= 0.3 is 6.03 Å². The zero-order chi connectivity index (χ0) is 21.2. The average Bonchev–Trinajstić information content (AvgIpc) is 2.69. The number of nitrogens with one attached hydrogen (secondary N) is 1. The van der Waals surface area contributed by atoms with E-state index in [-0.39, 0.29) is 30.2 Å². The van der Waals surface area contributed by atoms with E-state index in [9.17, 15) is 22.0 Å². The maximum absolute atomic E-state index is 13.8. The minimum atomic E-state index is -3.77. The van der Waals surface area contributed by atoms with Crippen molar-refractivity contribution in [1.82, 2.24) is 9.21 Å². The maximum Gasteiger partial charge on any atom is 0.322 e. The molecule has 2 aromatic carbocycles. The van der Waals surface area contributed by atoms with Gasteiger partial charge in [-0.05, 0) is 31.2 Å². The van der Waals surface area contributed by atoms with Crippen LogP contribution in [0.1, 0.15) is 6.92 Å². The van der Waals surface area contributed by atoms with Gasteiger partial charge in [0.1, 0.15) is 17.4 Å². The van der Waals surface area contributed by atoms with Crippen LogP contribution in [0, 0.1) is 11.6 Å². The number of urea groups is 1. The summed E-state index contributed by atoms with van der Waals surface area (Å²) >= 11 is 0. The van der Waals surface area contributed by atoms with E-state index >= 15 is 0 Å². The van der Waals surface area contributed by atoms with E-state index in [0.29, 0.717) is 11.8 Å². The van der Waals surface area contributed by atoms with Gasteiger partial charge in [0.15, 0.2) is 0 Å². The highest BCUT2D eigenvalue weighted by atomic mass is 32.2. The number of ether oxygens (including phenoxy) is 1. The lowest BCUT2D eigenvalue weighted by atomic mass is 10.2. The van der Waals surface area contributed by atoms with E-state index in [0.717, 1.165) is 12.1 Å². The number of amides is 2. The Hall–Kier alpha value is -2.72. The van der Waals surface area contributed by atoms with Crippen molar-refractivity contribution in [2.24, 2.45) is 0 Å². The van der Waals surface area contributed by atoms with E-state index < -0.39 is 33.7 Å². The van der Waals surface area contributed by atoms with Gasteiger partial charge in [0.2, 0.25) is 10.0 Å². The molecule has 1 atom stereocenters.